The van der Waals surface area contributed by atoms with Crippen molar-refractivity contribution in [3.63, 3.8) is 0 Å². The summed E-state index contributed by atoms with van der Waals surface area (Å²) in [5, 5.41) is 6.18. The SMILES string of the molecule is O=C(CCc1nc(-c2cccs2)no1)NNC(=O)COc1ccccc1Cl. The van der Waals surface area contributed by atoms with Gasteiger partial charge in [-0.05, 0) is 23.6 Å². The minimum absolute atomic E-state index is 0.0811. The molecule has 0 fully saturated rings. The summed E-state index contributed by atoms with van der Waals surface area (Å²) in [7, 11) is 0. The Morgan fingerprint density at radius 3 is 2.74 bits per heavy atom. The van der Waals surface area contributed by atoms with Crippen molar-refractivity contribution >= 4 is 34.8 Å². The zero-order valence-corrected chi connectivity index (χ0v) is 15.5. The Morgan fingerprint density at radius 1 is 1.15 bits per heavy atom. The van der Waals surface area contributed by atoms with Crippen LogP contribution in [0.1, 0.15) is 12.3 Å². The van der Waals surface area contributed by atoms with Crippen LogP contribution in [-0.4, -0.2) is 28.6 Å². The molecule has 2 amide bonds. The second-order valence-corrected chi connectivity index (χ2v) is 6.66. The smallest absolute Gasteiger partial charge is 0.276 e. The van der Waals surface area contributed by atoms with Crippen molar-refractivity contribution in [2.75, 3.05) is 6.61 Å². The van der Waals surface area contributed by atoms with Crippen LogP contribution in [0.3, 0.4) is 0 Å². The van der Waals surface area contributed by atoms with Crippen molar-refractivity contribution in [2.45, 2.75) is 12.8 Å². The van der Waals surface area contributed by atoms with Crippen LogP contribution >= 0.6 is 22.9 Å². The Balaban J connectivity index is 1.37. The Hall–Kier alpha value is -2.91. The highest BCUT2D eigenvalue weighted by molar-refractivity contribution is 7.13. The molecule has 0 spiro atoms. The van der Waals surface area contributed by atoms with E-state index in [4.69, 9.17) is 20.9 Å². The summed E-state index contributed by atoms with van der Waals surface area (Å²) < 4.78 is 10.4. The van der Waals surface area contributed by atoms with Crippen molar-refractivity contribution in [1.82, 2.24) is 21.0 Å². The van der Waals surface area contributed by atoms with E-state index in [0.717, 1.165) is 4.88 Å². The first-order valence-corrected chi connectivity index (χ1v) is 9.19. The molecule has 0 aliphatic heterocycles. The highest BCUT2D eigenvalue weighted by Gasteiger charge is 2.12. The Morgan fingerprint density at radius 2 is 1.96 bits per heavy atom. The second-order valence-electron chi connectivity index (χ2n) is 5.30. The number of para-hydroxylation sites is 1. The molecule has 2 N–H and O–H groups in total. The molecule has 8 nitrogen and oxygen atoms in total. The summed E-state index contributed by atoms with van der Waals surface area (Å²) in [5.74, 6) is 0.323. The zero-order valence-electron chi connectivity index (χ0n) is 14.0. The monoisotopic (exact) mass is 406 g/mol. The summed E-state index contributed by atoms with van der Waals surface area (Å²) >= 11 is 7.42. The number of carbonyl (C=O) groups is 2. The Labute approximate surface area is 163 Å². The largest absolute Gasteiger partial charge is 0.482 e. The molecule has 0 atom stereocenters. The first-order valence-electron chi connectivity index (χ1n) is 7.93. The van der Waals surface area contributed by atoms with Crippen LogP contribution < -0.4 is 15.6 Å². The molecule has 1 aromatic carbocycles. The van der Waals surface area contributed by atoms with E-state index in [1.807, 2.05) is 17.5 Å². The number of amides is 2. The Bertz CT molecular complexity index is 913. The molecule has 140 valence electrons. The van der Waals surface area contributed by atoms with E-state index in [2.05, 4.69) is 21.0 Å². The maximum Gasteiger partial charge on any atom is 0.276 e. The van der Waals surface area contributed by atoms with Gasteiger partial charge in [0.1, 0.15) is 5.75 Å². The van der Waals surface area contributed by atoms with Crippen LogP contribution in [0.15, 0.2) is 46.3 Å². The van der Waals surface area contributed by atoms with Gasteiger partial charge >= 0.3 is 0 Å². The quantitative estimate of drug-likeness (QED) is 0.584. The van der Waals surface area contributed by atoms with E-state index in [-0.39, 0.29) is 19.4 Å². The molecule has 0 radical (unpaired) electrons. The number of carbonyl (C=O) groups excluding carboxylic acids is 2. The first-order chi connectivity index (χ1) is 13.1. The Kier molecular flexibility index (Phi) is 6.39. The molecule has 2 aromatic heterocycles. The maximum atomic E-state index is 11.8. The van der Waals surface area contributed by atoms with Crippen LogP contribution in [0.4, 0.5) is 0 Å². The van der Waals surface area contributed by atoms with Crippen LogP contribution in [0.5, 0.6) is 5.75 Å². The third-order valence-electron chi connectivity index (χ3n) is 3.31. The molecule has 0 saturated heterocycles. The average molecular weight is 407 g/mol. The number of aromatic nitrogens is 2. The zero-order chi connectivity index (χ0) is 19.1. The van der Waals surface area contributed by atoms with Gasteiger partial charge in [0.25, 0.3) is 5.91 Å². The van der Waals surface area contributed by atoms with Gasteiger partial charge in [0.15, 0.2) is 6.61 Å². The van der Waals surface area contributed by atoms with Gasteiger partial charge in [-0.1, -0.05) is 35.0 Å². The van der Waals surface area contributed by atoms with Gasteiger partial charge in [-0.3, -0.25) is 20.4 Å². The second kappa shape index (κ2) is 9.15. The van der Waals surface area contributed by atoms with Gasteiger partial charge in [0, 0.05) is 12.8 Å². The molecule has 2 heterocycles. The van der Waals surface area contributed by atoms with Crippen molar-refractivity contribution < 1.29 is 18.8 Å². The van der Waals surface area contributed by atoms with Gasteiger partial charge in [0.05, 0.1) is 9.90 Å². The fraction of sp³-hybridized carbons (Fsp3) is 0.176. The number of hydrogen-bond acceptors (Lipinski definition) is 7. The van der Waals surface area contributed by atoms with Crippen molar-refractivity contribution in [1.29, 1.82) is 0 Å². The van der Waals surface area contributed by atoms with Crippen LogP contribution in [0.2, 0.25) is 5.02 Å². The predicted molar refractivity (Wildman–Crippen MR) is 99.2 cm³/mol. The van der Waals surface area contributed by atoms with Gasteiger partial charge < -0.3 is 9.26 Å². The molecule has 27 heavy (non-hydrogen) atoms. The third-order valence-corrected chi connectivity index (χ3v) is 4.49. The molecule has 3 rings (SSSR count). The van der Waals surface area contributed by atoms with E-state index >= 15 is 0 Å². The number of nitrogens with one attached hydrogen (secondary N) is 2. The molecule has 10 heteroatoms. The van der Waals surface area contributed by atoms with Gasteiger partial charge in [-0.25, -0.2) is 0 Å². The van der Waals surface area contributed by atoms with Gasteiger partial charge in [-0.15, -0.1) is 11.3 Å². The minimum Gasteiger partial charge on any atom is -0.482 e. The third kappa shape index (κ3) is 5.53. The van der Waals surface area contributed by atoms with Gasteiger partial charge in [0.2, 0.25) is 17.6 Å². The van der Waals surface area contributed by atoms with Crippen LogP contribution in [0.25, 0.3) is 10.7 Å². The fourth-order valence-corrected chi connectivity index (χ4v) is 2.87. The van der Waals surface area contributed by atoms with E-state index < -0.39 is 11.8 Å². The lowest BCUT2D eigenvalue weighted by atomic mass is 10.3. The molecule has 3 aromatic rings. The number of thiophene rings is 1. The lowest BCUT2D eigenvalue weighted by Gasteiger charge is -2.09. The number of rotatable bonds is 7. The standard InChI is InChI=1S/C17H15ClN4O4S/c18-11-4-1-2-5-12(11)25-10-15(24)21-20-14(23)7-8-16-19-17(22-26-16)13-6-3-9-27-13/h1-6,9H,7-8,10H2,(H,20,23)(H,21,24). The molecular formula is C17H15ClN4O4S. The number of hydrogen-bond donors (Lipinski definition) is 2. The molecule has 0 saturated carbocycles. The predicted octanol–water partition coefficient (Wildman–Crippen LogP) is 2.61. The van der Waals surface area contributed by atoms with Gasteiger partial charge in [-0.2, -0.15) is 4.98 Å². The highest BCUT2D eigenvalue weighted by Crippen LogP contribution is 2.23. The molecule has 0 bridgehead atoms. The van der Waals surface area contributed by atoms with Crippen molar-refractivity contribution in [3.05, 3.63) is 52.7 Å². The first kappa shape index (κ1) is 18.9. The summed E-state index contributed by atoms with van der Waals surface area (Å²) in [4.78, 5) is 28.6. The summed E-state index contributed by atoms with van der Waals surface area (Å²) in [6.07, 6.45) is 0.341. The van der Waals surface area contributed by atoms with Crippen LogP contribution in [-0.2, 0) is 16.0 Å². The van der Waals surface area contributed by atoms with E-state index in [1.54, 1.807) is 24.3 Å². The molecule has 0 aliphatic rings. The summed E-state index contributed by atoms with van der Waals surface area (Å²) in [6, 6.07) is 10.6. The summed E-state index contributed by atoms with van der Waals surface area (Å²) in [6.45, 7) is -0.280. The van der Waals surface area contributed by atoms with Crippen molar-refractivity contribution in [3.8, 4) is 16.5 Å². The lowest BCUT2D eigenvalue weighted by Crippen LogP contribution is -2.43. The summed E-state index contributed by atoms with van der Waals surface area (Å²) in [5.41, 5.74) is 4.56. The average Bonchev–Trinajstić information content (AvgIpc) is 3.35. The highest BCUT2D eigenvalue weighted by atomic mass is 35.5. The van der Waals surface area contributed by atoms with Crippen molar-refractivity contribution in [2.24, 2.45) is 0 Å². The number of aryl methyl sites for hydroxylation is 1. The number of halogens is 1. The van der Waals surface area contributed by atoms with E-state index in [1.165, 1.54) is 11.3 Å². The van der Waals surface area contributed by atoms with E-state index in [9.17, 15) is 9.59 Å². The lowest BCUT2D eigenvalue weighted by molar-refractivity contribution is -0.130. The molecule has 0 unspecified atom stereocenters. The number of nitrogens with zero attached hydrogens (tertiary/aromatic N) is 2. The maximum absolute atomic E-state index is 11.8. The van der Waals surface area contributed by atoms with Crippen LogP contribution in [0, 0.1) is 0 Å². The molecular weight excluding hydrogens is 392 g/mol. The van der Waals surface area contributed by atoms with E-state index in [0.29, 0.717) is 22.5 Å². The number of benzene rings is 1. The fourth-order valence-electron chi connectivity index (χ4n) is 2.03. The normalized spacial score (nSPS) is 10.4. The number of hydrazine groups is 1. The number of ether oxygens (including phenoxy) is 1. The minimum atomic E-state index is -0.513. The molecule has 0 aliphatic carbocycles. The topological polar surface area (TPSA) is 106 Å².